The fourth-order valence-electron chi connectivity index (χ4n) is 2.41. The highest BCUT2D eigenvalue weighted by Crippen LogP contribution is 2.39. The van der Waals surface area contributed by atoms with E-state index < -0.39 is 5.12 Å². The summed E-state index contributed by atoms with van der Waals surface area (Å²) in [4.78, 5) is 6.30. The van der Waals surface area contributed by atoms with Crippen LogP contribution < -0.4 is 10.6 Å². The van der Waals surface area contributed by atoms with Gasteiger partial charge in [0.05, 0.1) is 24.6 Å². The van der Waals surface area contributed by atoms with Crippen LogP contribution in [0.4, 0.5) is 4.39 Å². The Morgan fingerprint density at radius 1 is 1.57 bits per heavy atom. The summed E-state index contributed by atoms with van der Waals surface area (Å²) in [6.45, 7) is 0.875. The van der Waals surface area contributed by atoms with Gasteiger partial charge >= 0.3 is 0 Å². The molecule has 0 spiro atoms. The van der Waals surface area contributed by atoms with Crippen LogP contribution >= 0.6 is 34.2 Å². The van der Waals surface area contributed by atoms with Gasteiger partial charge in [-0.25, -0.2) is 9.38 Å². The lowest BCUT2D eigenvalue weighted by atomic mass is 10.1. The van der Waals surface area contributed by atoms with Gasteiger partial charge in [0.1, 0.15) is 5.82 Å². The van der Waals surface area contributed by atoms with Crippen molar-refractivity contribution < 1.29 is 4.39 Å². The van der Waals surface area contributed by atoms with Crippen LogP contribution in [0, 0.1) is 18.2 Å². The third kappa shape index (κ3) is 2.61. The molecule has 0 radical (unpaired) electrons. The molecular formula is C14H11ClFIN4. The lowest BCUT2D eigenvalue weighted by Crippen LogP contribution is -2.40. The zero-order valence-electron chi connectivity index (χ0n) is 10.8. The number of amidine groups is 1. The maximum absolute atomic E-state index is 13.5. The van der Waals surface area contributed by atoms with Crippen LogP contribution in [0.3, 0.4) is 0 Å². The molecule has 2 aliphatic heterocycles. The molecule has 0 aromatic heterocycles. The number of nitrogens with zero attached hydrogens (tertiary/aromatic N) is 2. The van der Waals surface area contributed by atoms with E-state index in [1.54, 1.807) is 6.07 Å². The van der Waals surface area contributed by atoms with Crippen molar-refractivity contribution in [3.05, 3.63) is 41.3 Å². The summed E-state index contributed by atoms with van der Waals surface area (Å²) < 4.78 is 14.2. The SMILES string of the molecule is C#CCN1CNC2(Cl)N=C(I)NC(c3cccc(F)c3)=C12. The first-order valence-corrected chi connectivity index (χ1v) is 7.64. The van der Waals surface area contributed by atoms with Gasteiger partial charge in [-0.1, -0.05) is 29.7 Å². The van der Waals surface area contributed by atoms with E-state index in [9.17, 15) is 4.39 Å². The normalized spacial score (nSPS) is 24.3. The molecule has 0 aliphatic carbocycles. The summed E-state index contributed by atoms with van der Waals surface area (Å²) in [5, 5.41) is 5.22. The smallest absolute Gasteiger partial charge is 0.233 e. The summed E-state index contributed by atoms with van der Waals surface area (Å²) in [6, 6.07) is 6.32. The number of terminal acetylenes is 1. The van der Waals surface area contributed by atoms with Gasteiger partial charge in [0, 0.05) is 5.56 Å². The van der Waals surface area contributed by atoms with Crippen molar-refractivity contribution in [2.45, 2.75) is 5.12 Å². The van der Waals surface area contributed by atoms with E-state index in [4.69, 9.17) is 18.0 Å². The second-order valence-electron chi connectivity index (χ2n) is 4.62. The second-order valence-corrected chi connectivity index (χ2v) is 6.19. The summed E-state index contributed by atoms with van der Waals surface area (Å²) in [6.07, 6.45) is 5.41. The Morgan fingerprint density at radius 2 is 2.38 bits per heavy atom. The van der Waals surface area contributed by atoms with E-state index >= 15 is 0 Å². The zero-order valence-corrected chi connectivity index (χ0v) is 13.7. The third-order valence-corrected chi connectivity index (χ3v) is 4.15. The van der Waals surface area contributed by atoms with Crippen molar-refractivity contribution in [1.82, 2.24) is 15.5 Å². The quantitative estimate of drug-likeness (QED) is 0.336. The molecular weight excluding hydrogens is 406 g/mol. The number of benzene rings is 1. The number of nitrogens with one attached hydrogen (secondary N) is 2. The van der Waals surface area contributed by atoms with Crippen molar-refractivity contribution in [3.8, 4) is 12.3 Å². The van der Waals surface area contributed by atoms with Crippen molar-refractivity contribution in [1.29, 1.82) is 0 Å². The molecule has 1 aromatic carbocycles. The first-order chi connectivity index (χ1) is 10.0. The summed E-state index contributed by atoms with van der Waals surface area (Å²) in [7, 11) is 0. The molecule has 2 aliphatic rings. The Kier molecular flexibility index (Phi) is 3.82. The van der Waals surface area contributed by atoms with Crippen molar-refractivity contribution in [3.63, 3.8) is 0 Å². The molecule has 2 N–H and O–H groups in total. The molecule has 0 saturated carbocycles. The van der Waals surface area contributed by atoms with Gasteiger partial charge in [-0.05, 0) is 34.7 Å². The van der Waals surface area contributed by atoms with Crippen molar-refractivity contribution >= 4 is 43.7 Å². The minimum atomic E-state index is -1.07. The van der Waals surface area contributed by atoms with E-state index in [2.05, 4.69) is 21.5 Å². The minimum Gasteiger partial charge on any atom is -0.345 e. The Hall–Kier alpha value is -1.30. The molecule has 1 atom stereocenters. The Labute approximate surface area is 140 Å². The molecule has 7 heteroatoms. The highest BCUT2D eigenvalue weighted by atomic mass is 127. The predicted octanol–water partition coefficient (Wildman–Crippen LogP) is 2.28. The van der Waals surface area contributed by atoms with E-state index in [1.165, 1.54) is 12.1 Å². The Balaban J connectivity index is 2.16. The van der Waals surface area contributed by atoms with E-state index in [0.717, 1.165) is 0 Å². The Bertz CT molecular complexity index is 696. The maximum Gasteiger partial charge on any atom is 0.233 e. The topological polar surface area (TPSA) is 39.7 Å². The van der Waals surface area contributed by atoms with Gasteiger partial charge in [0.15, 0.2) is 3.84 Å². The van der Waals surface area contributed by atoms with Gasteiger partial charge in [-0.3, -0.25) is 5.32 Å². The molecule has 108 valence electrons. The third-order valence-electron chi connectivity index (χ3n) is 3.25. The van der Waals surface area contributed by atoms with Crippen LogP contribution in [0.25, 0.3) is 5.70 Å². The maximum atomic E-state index is 13.5. The fourth-order valence-corrected chi connectivity index (χ4v) is 3.54. The molecule has 21 heavy (non-hydrogen) atoms. The number of hydrogen-bond donors (Lipinski definition) is 2. The fraction of sp³-hybridized carbons (Fsp3) is 0.214. The lowest BCUT2D eigenvalue weighted by Gasteiger charge is -2.30. The first kappa shape index (κ1) is 14.6. The van der Waals surface area contributed by atoms with Crippen LogP contribution in [0.1, 0.15) is 5.56 Å². The summed E-state index contributed by atoms with van der Waals surface area (Å²) in [5.41, 5.74) is 2.13. The second kappa shape index (κ2) is 5.48. The number of aliphatic imine (C=N–C) groups is 1. The van der Waals surface area contributed by atoms with Gasteiger partial charge in [-0.15, -0.1) is 6.42 Å². The number of rotatable bonds is 2. The zero-order chi connectivity index (χ0) is 15.0. The first-order valence-electron chi connectivity index (χ1n) is 6.19. The lowest BCUT2D eigenvalue weighted by molar-refractivity contribution is 0.430. The molecule has 1 unspecified atom stereocenters. The van der Waals surface area contributed by atoms with E-state index in [-0.39, 0.29) is 5.82 Å². The van der Waals surface area contributed by atoms with Gasteiger partial charge in [-0.2, -0.15) is 0 Å². The molecule has 0 bridgehead atoms. The average molecular weight is 417 g/mol. The number of halogens is 3. The average Bonchev–Trinajstić information content (AvgIpc) is 2.75. The number of alkyl halides is 1. The van der Waals surface area contributed by atoms with Crippen molar-refractivity contribution in [2.75, 3.05) is 13.2 Å². The van der Waals surface area contributed by atoms with Gasteiger partial charge in [0.2, 0.25) is 5.12 Å². The monoisotopic (exact) mass is 416 g/mol. The molecule has 2 heterocycles. The molecule has 3 rings (SSSR count). The van der Waals surface area contributed by atoms with E-state index in [1.807, 2.05) is 33.6 Å². The van der Waals surface area contributed by atoms with Crippen LogP contribution in [0.2, 0.25) is 0 Å². The van der Waals surface area contributed by atoms with Gasteiger partial charge < -0.3 is 10.2 Å². The van der Waals surface area contributed by atoms with Crippen LogP contribution in [-0.4, -0.2) is 27.1 Å². The number of fused-ring (bicyclic) bond motifs is 1. The van der Waals surface area contributed by atoms with Crippen molar-refractivity contribution in [2.24, 2.45) is 4.99 Å². The largest absolute Gasteiger partial charge is 0.345 e. The predicted molar refractivity (Wildman–Crippen MR) is 90.0 cm³/mol. The molecule has 1 fully saturated rings. The molecule has 4 nitrogen and oxygen atoms in total. The Morgan fingerprint density at radius 3 is 3.10 bits per heavy atom. The van der Waals surface area contributed by atoms with Crippen LogP contribution in [-0.2, 0) is 0 Å². The highest BCUT2D eigenvalue weighted by molar-refractivity contribution is 14.1. The van der Waals surface area contributed by atoms with Crippen LogP contribution in [0.5, 0.6) is 0 Å². The molecule has 0 amide bonds. The summed E-state index contributed by atoms with van der Waals surface area (Å²) in [5.74, 6) is 2.28. The van der Waals surface area contributed by atoms with Gasteiger partial charge in [0.25, 0.3) is 0 Å². The van der Waals surface area contributed by atoms with Crippen LogP contribution in [0.15, 0.2) is 35.0 Å². The highest BCUT2D eigenvalue weighted by Gasteiger charge is 2.45. The number of hydrogen-bond acceptors (Lipinski definition) is 4. The van der Waals surface area contributed by atoms with E-state index in [0.29, 0.717) is 34.0 Å². The summed E-state index contributed by atoms with van der Waals surface area (Å²) >= 11 is 8.63. The minimum absolute atomic E-state index is 0.311. The molecule has 1 saturated heterocycles. The molecule has 1 aromatic rings. The standard InChI is InChI=1S/C14H11ClFIN4/c1-2-6-21-8-18-14(15)12(21)11(19-13(17)20-14)9-4-3-5-10(16)7-9/h1,3-5,7,18H,6,8H2,(H,19,20).